The van der Waals surface area contributed by atoms with Crippen molar-refractivity contribution in [1.29, 1.82) is 0 Å². The molecule has 2 heterocycles. The molecule has 0 aliphatic carbocycles. The second-order valence-electron chi connectivity index (χ2n) is 6.01. The predicted octanol–water partition coefficient (Wildman–Crippen LogP) is 5.30. The number of aromatic nitrogens is 2. The van der Waals surface area contributed by atoms with Crippen molar-refractivity contribution in [1.82, 2.24) is 9.38 Å². The van der Waals surface area contributed by atoms with E-state index < -0.39 is 0 Å². The maximum atomic E-state index is 13.2. The molecule has 0 bridgehead atoms. The van der Waals surface area contributed by atoms with Crippen LogP contribution in [0.3, 0.4) is 0 Å². The van der Waals surface area contributed by atoms with Crippen LogP contribution >= 0.6 is 11.3 Å². The molecule has 0 N–H and O–H groups in total. The topological polar surface area (TPSA) is 34.4 Å². The van der Waals surface area contributed by atoms with Gasteiger partial charge in [-0.3, -0.25) is 9.20 Å². The Bertz CT molecular complexity index is 1090. The molecule has 0 fully saturated rings. The molecular formula is C20H15FN2OS. The van der Waals surface area contributed by atoms with Crippen molar-refractivity contribution >= 4 is 22.6 Å². The van der Waals surface area contributed by atoms with Gasteiger partial charge < -0.3 is 0 Å². The molecule has 0 radical (unpaired) electrons. The Morgan fingerprint density at radius 3 is 2.44 bits per heavy atom. The first kappa shape index (κ1) is 15.7. The second-order valence-corrected chi connectivity index (χ2v) is 6.84. The monoisotopic (exact) mass is 350 g/mol. The van der Waals surface area contributed by atoms with Gasteiger partial charge in [0.1, 0.15) is 17.2 Å². The Morgan fingerprint density at radius 2 is 1.76 bits per heavy atom. The van der Waals surface area contributed by atoms with E-state index in [2.05, 4.69) is 37.0 Å². The van der Waals surface area contributed by atoms with Gasteiger partial charge in [-0.1, -0.05) is 12.1 Å². The van der Waals surface area contributed by atoms with Crippen LogP contribution in [-0.2, 0) is 0 Å². The number of imidazole rings is 1. The smallest absolute Gasteiger partial charge is 0.195 e. The molecule has 4 aromatic rings. The van der Waals surface area contributed by atoms with Gasteiger partial charge in [0.15, 0.2) is 11.2 Å². The van der Waals surface area contributed by atoms with Crippen molar-refractivity contribution in [3.8, 4) is 22.5 Å². The van der Waals surface area contributed by atoms with Crippen molar-refractivity contribution in [2.75, 3.05) is 0 Å². The molecule has 2 aromatic heterocycles. The van der Waals surface area contributed by atoms with Crippen LogP contribution < -0.4 is 0 Å². The molecule has 25 heavy (non-hydrogen) atoms. The predicted molar refractivity (Wildman–Crippen MR) is 98.8 cm³/mol. The number of carbonyl (C=O) groups is 1. The van der Waals surface area contributed by atoms with Crippen LogP contribution in [0.4, 0.5) is 4.39 Å². The molecule has 0 aliphatic rings. The number of thiazole rings is 1. The second kappa shape index (κ2) is 5.93. The van der Waals surface area contributed by atoms with Gasteiger partial charge >= 0.3 is 0 Å². The number of nitrogens with zero attached hydrogens (tertiary/aromatic N) is 2. The van der Waals surface area contributed by atoms with Gasteiger partial charge in [-0.05, 0) is 60.9 Å². The summed E-state index contributed by atoms with van der Waals surface area (Å²) in [7, 11) is 0. The summed E-state index contributed by atoms with van der Waals surface area (Å²) in [5, 5.41) is 2.01. The summed E-state index contributed by atoms with van der Waals surface area (Å²) in [6.07, 6.45) is 0.815. The Kier molecular flexibility index (Phi) is 3.73. The first-order valence-corrected chi connectivity index (χ1v) is 8.75. The highest BCUT2D eigenvalue weighted by Crippen LogP contribution is 2.32. The molecule has 0 saturated carbocycles. The van der Waals surface area contributed by atoms with Crippen LogP contribution in [0.1, 0.15) is 21.6 Å². The van der Waals surface area contributed by atoms with Gasteiger partial charge in [-0.25, -0.2) is 9.37 Å². The zero-order valence-electron chi connectivity index (χ0n) is 13.8. The van der Waals surface area contributed by atoms with Crippen molar-refractivity contribution in [2.24, 2.45) is 0 Å². The SMILES string of the molecule is Cc1ccc(-c2csc3nc(-c4ccc(F)cc4)c(C=O)n23)cc1C. The highest BCUT2D eigenvalue weighted by atomic mass is 32.1. The Morgan fingerprint density at radius 1 is 1.04 bits per heavy atom. The minimum atomic E-state index is -0.312. The average Bonchev–Trinajstić information content (AvgIpc) is 3.17. The molecule has 0 saturated heterocycles. The van der Waals surface area contributed by atoms with Crippen LogP contribution in [0.5, 0.6) is 0 Å². The normalized spacial score (nSPS) is 11.2. The van der Waals surface area contributed by atoms with Gasteiger partial charge in [0.2, 0.25) is 0 Å². The van der Waals surface area contributed by atoms with Crippen molar-refractivity contribution in [3.05, 3.63) is 70.5 Å². The highest BCUT2D eigenvalue weighted by Gasteiger charge is 2.18. The van der Waals surface area contributed by atoms with Crippen LogP contribution in [0.15, 0.2) is 47.8 Å². The van der Waals surface area contributed by atoms with Gasteiger partial charge in [-0.2, -0.15) is 0 Å². The van der Waals surface area contributed by atoms with E-state index in [1.807, 2.05) is 9.78 Å². The summed E-state index contributed by atoms with van der Waals surface area (Å²) in [6.45, 7) is 4.14. The lowest BCUT2D eigenvalue weighted by Gasteiger charge is -2.06. The van der Waals surface area contributed by atoms with Gasteiger partial charge in [-0.15, -0.1) is 11.3 Å². The average molecular weight is 350 g/mol. The van der Waals surface area contributed by atoms with Crippen LogP contribution in [0.25, 0.3) is 27.5 Å². The van der Waals surface area contributed by atoms with Gasteiger partial charge in [0.05, 0.1) is 5.69 Å². The molecule has 124 valence electrons. The lowest BCUT2D eigenvalue weighted by molar-refractivity contribution is 0.111. The molecular weight excluding hydrogens is 335 g/mol. The zero-order valence-corrected chi connectivity index (χ0v) is 14.6. The standard InChI is InChI=1S/C20H15FN2OS/c1-12-3-4-15(9-13(12)2)18-11-25-20-22-19(17(10-24)23(18)20)14-5-7-16(21)8-6-14/h3-11H,1-2H3. The molecule has 2 aromatic carbocycles. The lowest BCUT2D eigenvalue weighted by atomic mass is 10.0. The van der Waals surface area contributed by atoms with E-state index in [9.17, 15) is 9.18 Å². The summed E-state index contributed by atoms with van der Waals surface area (Å²) in [5.41, 5.74) is 6.19. The lowest BCUT2D eigenvalue weighted by Crippen LogP contribution is -1.95. The number of hydrogen-bond donors (Lipinski definition) is 0. The fourth-order valence-electron chi connectivity index (χ4n) is 2.91. The highest BCUT2D eigenvalue weighted by molar-refractivity contribution is 7.15. The van der Waals surface area contributed by atoms with Crippen LogP contribution in [0.2, 0.25) is 0 Å². The maximum absolute atomic E-state index is 13.2. The third kappa shape index (κ3) is 2.57. The Balaban J connectivity index is 1.95. The van der Waals surface area contributed by atoms with Crippen molar-refractivity contribution < 1.29 is 9.18 Å². The fraction of sp³-hybridized carbons (Fsp3) is 0.100. The number of benzene rings is 2. The summed E-state index contributed by atoms with van der Waals surface area (Å²) in [5.74, 6) is -0.312. The van der Waals surface area contributed by atoms with E-state index in [-0.39, 0.29) is 5.82 Å². The Labute approximate surface area is 148 Å². The summed E-state index contributed by atoms with van der Waals surface area (Å²) in [6, 6.07) is 12.3. The zero-order chi connectivity index (χ0) is 17.6. The molecule has 5 heteroatoms. The fourth-order valence-corrected chi connectivity index (χ4v) is 3.82. The molecule has 4 rings (SSSR count). The van der Waals surface area contributed by atoms with Gasteiger partial charge in [0.25, 0.3) is 0 Å². The van der Waals surface area contributed by atoms with E-state index in [1.165, 1.54) is 34.6 Å². The largest absolute Gasteiger partial charge is 0.296 e. The number of rotatable bonds is 3. The number of hydrogen-bond acceptors (Lipinski definition) is 3. The number of halogens is 1. The molecule has 0 aliphatic heterocycles. The quantitative estimate of drug-likeness (QED) is 0.470. The molecule has 0 amide bonds. The van der Waals surface area contributed by atoms with Crippen molar-refractivity contribution in [2.45, 2.75) is 13.8 Å². The van der Waals surface area contributed by atoms with E-state index in [0.29, 0.717) is 11.4 Å². The minimum absolute atomic E-state index is 0.312. The number of carbonyl (C=O) groups excluding carboxylic acids is 1. The molecule has 0 spiro atoms. The summed E-state index contributed by atoms with van der Waals surface area (Å²) in [4.78, 5) is 17.2. The summed E-state index contributed by atoms with van der Waals surface area (Å²) >= 11 is 1.49. The number of aryl methyl sites for hydroxylation is 2. The van der Waals surface area contributed by atoms with Crippen LogP contribution in [-0.4, -0.2) is 15.7 Å². The third-order valence-electron chi connectivity index (χ3n) is 4.43. The Hall–Kier alpha value is -2.79. The number of fused-ring (bicyclic) bond motifs is 1. The maximum Gasteiger partial charge on any atom is 0.195 e. The third-order valence-corrected chi connectivity index (χ3v) is 5.26. The first-order valence-electron chi connectivity index (χ1n) is 7.87. The molecule has 0 atom stereocenters. The first-order chi connectivity index (χ1) is 12.1. The summed E-state index contributed by atoms with van der Waals surface area (Å²) < 4.78 is 15.1. The minimum Gasteiger partial charge on any atom is -0.296 e. The van der Waals surface area contributed by atoms with E-state index in [1.54, 1.807) is 12.1 Å². The van der Waals surface area contributed by atoms with Crippen molar-refractivity contribution in [3.63, 3.8) is 0 Å². The van der Waals surface area contributed by atoms with E-state index in [0.717, 1.165) is 28.1 Å². The van der Waals surface area contributed by atoms with E-state index >= 15 is 0 Å². The van der Waals surface area contributed by atoms with Crippen LogP contribution in [0, 0.1) is 19.7 Å². The van der Waals surface area contributed by atoms with Gasteiger partial charge in [0, 0.05) is 10.9 Å². The number of aldehydes is 1. The molecule has 3 nitrogen and oxygen atoms in total. The molecule has 0 unspecified atom stereocenters. The van der Waals surface area contributed by atoms with E-state index in [4.69, 9.17) is 0 Å².